The molecule has 1 aliphatic rings. The molecule has 1 aromatic heterocycles. The number of anilines is 1. The second kappa shape index (κ2) is 7.89. The number of carbonyl (C=O) groups excluding carboxylic acids is 1. The summed E-state index contributed by atoms with van der Waals surface area (Å²) in [4.78, 5) is 21.6. The van der Waals surface area contributed by atoms with Crippen molar-refractivity contribution in [3.8, 4) is 11.5 Å². The van der Waals surface area contributed by atoms with Gasteiger partial charge in [-0.3, -0.25) is 4.79 Å². The summed E-state index contributed by atoms with van der Waals surface area (Å²) >= 11 is 0. The fraction of sp³-hybridized carbons (Fsp3) is 0.304. The van der Waals surface area contributed by atoms with E-state index in [-0.39, 0.29) is 12.3 Å². The predicted molar refractivity (Wildman–Crippen MR) is 110 cm³/mol. The molecule has 3 aromatic rings. The van der Waals surface area contributed by atoms with Crippen molar-refractivity contribution in [1.82, 2.24) is 9.88 Å². The summed E-state index contributed by atoms with van der Waals surface area (Å²) in [6, 6.07) is 18.4. The van der Waals surface area contributed by atoms with E-state index in [0.717, 1.165) is 43.0 Å². The van der Waals surface area contributed by atoms with Gasteiger partial charge in [0.25, 0.3) is 0 Å². The van der Waals surface area contributed by atoms with E-state index >= 15 is 0 Å². The molecule has 0 bridgehead atoms. The third kappa shape index (κ3) is 3.93. The van der Waals surface area contributed by atoms with Crippen molar-refractivity contribution in [2.75, 3.05) is 31.1 Å². The maximum Gasteiger partial charge on any atom is 0.228 e. The van der Waals surface area contributed by atoms with Gasteiger partial charge in [-0.05, 0) is 38.1 Å². The molecule has 2 aromatic carbocycles. The minimum Gasteiger partial charge on any atom is -0.441 e. The van der Waals surface area contributed by atoms with Crippen molar-refractivity contribution in [2.45, 2.75) is 20.3 Å². The number of amides is 1. The number of aromatic nitrogens is 1. The van der Waals surface area contributed by atoms with Gasteiger partial charge in [0.2, 0.25) is 11.8 Å². The second-order valence-corrected chi connectivity index (χ2v) is 7.27. The molecule has 1 fully saturated rings. The molecule has 28 heavy (non-hydrogen) atoms. The molecule has 4 rings (SSSR count). The molecule has 0 N–H and O–H groups in total. The van der Waals surface area contributed by atoms with Crippen LogP contribution in [0.25, 0.3) is 11.5 Å². The summed E-state index contributed by atoms with van der Waals surface area (Å²) in [5.74, 6) is 1.41. The van der Waals surface area contributed by atoms with Gasteiger partial charge in [-0.2, -0.15) is 0 Å². The second-order valence-electron chi connectivity index (χ2n) is 7.27. The van der Waals surface area contributed by atoms with Gasteiger partial charge >= 0.3 is 0 Å². The Morgan fingerprint density at radius 2 is 1.75 bits per heavy atom. The van der Waals surface area contributed by atoms with Crippen molar-refractivity contribution in [2.24, 2.45) is 0 Å². The number of piperazine rings is 1. The van der Waals surface area contributed by atoms with E-state index in [4.69, 9.17) is 4.42 Å². The molecule has 2 heterocycles. The monoisotopic (exact) mass is 375 g/mol. The maximum atomic E-state index is 12.8. The molecule has 0 saturated carbocycles. The number of para-hydroxylation sites is 1. The molecule has 0 atom stereocenters. The molecular weight excluding hydrogens is 350 g/mol. The third-order valence-electron chi connectivity index (χ3n) is 5.23. The average Bonchev–Trinajstić information content (AvgIpc) is 3.09. The van der Waals surface area contributed by atoms with Crippen LogP contribution in [0.5, 0.6) is 0 Å². The number of hydrogen-bond donors (Lipinski definition) is 0. The van der Waals surface area contributed by atoms with Crippen molar-refractivity contribution in [3.05, 3.63) is 71.6 Å². The van der Waals surface area contributed by atoms with E-state index in [1.807, 2.05) is 61.2 Å². The van der Waals surface area contributed by atoms with E-state index in [0.29, 0.717) is 11.7 Å². The zero-order chi connectivity index (χ0) is 19.5. The molecule has 5 heteroatoms. The van der Waals surface area contributed by atoms with E-state index < -0.39 is 0 Å². The molecule has 0 aliphatic carbocycles. The minimum atomic E-state index is 0.111. The number of carbonyl (C=O) groups is 1. The minimum absolute atomic E-state index is 0.111. The van der Waals surface area contributed by atoms with E-state index in [1.54, 1.807) is 0 Å². The lowest BCUT2D eigenvalue weighted by atomic mass is 10.1. The van der Waals surface area contributed by atoms with Crippen LogP contribution in [0.4, 0.5) is 5.69 Å². The lowest BCUT2D eigenvalue weighted by Gasteiger charge is -2.36. The highest BCUT2D eigenvalue weighted by Gasteiger charge is 2.23. The topological polar surface area (TPSA) is 49.6 Å². The number of aryl methyl sites for hydroxylation is 2. The summed E-state index contributed by atoms with van der Waals surface area (Å²) in [5, 5.41) is 0. The average molecular weight is 375 g/mol. The lowest BCUT2D eigenvalue weighted by molar-refractivity contribution is -0.130. The lowest BCUT2D eigenvalue weighted by Crippen LogP contribution is -2.49. The number of nitrogens with zero attached hydrogens (tertiary/aromatic N) is 3. The van der Waals surface area contributed by atoms with Crippen LogP contribution >= 0.6 is 0 Å². The smallest absolute Gasteiger partial charge is 0.228 e. The molecule has 0 unspecified atom stereocenters. The summed E-state index contributed by atoms with van der Waals surface area (Å²) in [7, 11) is 0. The molecule has 5 nitrogen and oxygen atoms in total. The normalized spacial score (nSPS) is 14.4. The van der Waals surface area contributed by atoms with Gasteiger partial charge in [0, 0.05) is 37.4 Å². The molecule has 1 saturated heterocycles. The van der Waals surface area contributed by atoms with Gasteiger partial charge in [0.05, 0.1) is 12.1 Å². The largest absolute Gasteiger partial charge is 0.441 e. The Bertz CT molecular complexity index is 957. The number of benzene rings is 2. The Balaban J connectivity index is 1.39. The number of hydrogen-bond acceptors (Lipinski definition) is 4. The SMILES string of the molecule is Cc1cccc(-c2nc(CC(=O)N3CCN(c4ccccc4)CC3)c(C)o2)c1. The first-order valence-electron chi connectivity index (χ1n) is 9.71. The van der Waals surface area contributed by atoms with Crippen LogP contribution in [0.3, 0.4) is 0 Å². The van der Waals surface area contributed by atoms with E-state index in [1.165, 1.54) is 5.69 Å². The van der Waals surface area contributed by atoms with Gasteiger partial charge in [0.15, 0.2) is 0 Å². The third-order valence-corrected chi connectivity index (χ3v) is 5.23. The molecule has 1 aliphatic heterocycles. The van der Waals surface area contributed by atoms with Crippen LogP contribution in [-0.4, -0.2) is 42.0 Å². The van der Waals surface area contributed by atoms with Gasteiger partial charge in [-0.25, -0.2) is 4.98 Å². The Morgan fingerprint density at radius 1 is 1.00 bits per heavy atom. The highest BCUT2D eigenvalue weighted by atomic mass is 16.4. The Kier molecular flexibility index (Phi) is 5.15. The maximum absolute atomic E-state index is 12.8. The standard InChI is InChI=1S/C23H25N3O2/c1-17-7-6-8-19(15-17)23-24-21(18(2)28-23)16-22(27)26-13-11-25(12-14-26)20-9-4-3-5-10-20/h3-10,15H,11-14,16H2,1-2H3. The van der Waals surface area contributed by atoms with Crippen LogP contribution in [-0.2, 0) is 11.2 Å². The molecule has 0 radical (unpaired) electrons. The predicted octanol–water partition coefficient (Wildman–Crippen LogP) is 3.85. The zero-order valence-electron chi connectivity index (χ0n) is 16.4. The summed E-state index contributed by atoms with van der Waals surface area (Å²) in [6.07, 6.45) is 0.284. The van der Waals surface area contributed by atoms with Crippen LogP contribution in [0.2, 0.25) is 0 Å². The highest BCUT2D eigenvalue weighted by Crippen LogP contribution is 2.23. The summed E-state index contributed by atoms with van der Waals surface area (Å²) in [5.41, 5.74) is 4.04. The van der Waals surface area contributed by atoms with Gasteiger partial charge in [0.1, 0.15) is 5.76 Å². The highest BCUT2D eigenvalue weighted by molar-refractivity contribution is 5.79. The zero-order valence-corrected chi connectivity index (χ0v) is 16.4. The first kappa shape index (κ1) is 18.3. The van der Waals surface area contributed by atoms with Crippen LogP contribution in [0, 0.1) is 13.8 Å². The number of rotatable bonds is 4. The summed E-state index contributed by atoms with van der Waals surface area (Å²) < 4.78 is 5.83. The van der Waals surface area contributed by atoms with E-state index in [9.17, 15) is 4.79 Å². The Morgan fingerprint density at radius 3 is 2.46 bits per heavy atom. The van der Waals surface area contributed by atoms with Crippen LogP contribution in [0.1, 0.15) is 17.0 Å². The first-order valence-corrected chi connectivity index (χ1v) is 9.71. The Hall–Kier alpha value is -3.08. The van der Waals surface area contributed by atoms with Crippen LogP contribution in [0.15, 0.2) is 59.0 Å². The van der Waals surface area contributed by atoms with Gasteiger partial charge in [-0.1, -0.05) is 35.9 Å². The quantitative estimate of drug-likeness (QED) is 0.695. The van der Waals surface area contributed by atoms with E-state index in [2.05, 4.69) is 22.0 Å². The van der Waals surface area contributed by atoms with Crippen molar-refractivity contribution < 1.29 is 9.21 Å². The number of oxazole rings is 1. The fourth-order valence-corrected chi connectivity index (χ4v) is 3.60. The molecule has 0 spiro atoms. The fourth-order valence-electron chi connectivity index (χ4n) is 3.60. The summed E-state index contributed by atoms with van der Waals surface area (Å²) in [6.45, 7) is 7.08. The van der Waals surface area contributed by atoms with Crippen molar-refractivity contribution in [1.29, 1.82) is 0 Å². The van der Waals surface area contributed by atoms with Crippen LogP contribution < -0.4 is 4.90 Å². The van der Waals surface area contributed by atoms with Crippen molar-refractivity contribution in [3.63, 3.8) is 0 Å². The van der Waals surface area contributed by atoms with Gasteiger partial charge in [-0.15, -0.1) is 0 Å². The Labute approximate surface area is 165 Å². The van der Waals surface area contributed by atoms with Gasteiger partial charge < -0.3 is 14.2 Å². The molecule has 144 valence electrons. The first-order chi connectivity index (χ1) is 13.6. The van der Waals surface area contributed by atoms with Crippen molar-refractivity contribution >= 4 is 11.6 Å². The molecule has 1 amide bonds. The molecular formula is C23H25N3O2.